The first kappa shape index (κ1) is 22.7. The Balaban J connectivity index is 1.36. The Labute approximate surface area is 190 Å². The summed E-state index contributed by atoms with van der Waals surface area (Å²) in [4.78, 5) is 30.7. The third-order valence-corrected chi connectivity index (χ3v) is 5.64. The number of aromatic nitrogens is 1. The molecule has 1 aromatic heterocycles. The normalized spacial score (nSPS) is 14.4. The first-order valence-corrected chi connectivity index (χ1v) is 10.8. The predicted octanol–water partition coefficient (Wildman–Crippen LogP) is 5.08. The molecule has 0 atom stereocenters. The summed E-state index contributed by atoms with van der Waals surface area (Å²) < 4.78 is 5.61. The first-order chi connectivity index (χ1) is 14.4. The highest BCUT2D eigenvalue weighted by Crippen LogP contribution is 2.27. The summed E-state index contributed by atoms with van der Waals surface area (Å²) >= 11 is 17.7. The van der Waals surface area contributed by atoms with Crippen LogP contribution in [0.3, 0.4) is 0 Å². The number of nitrogens with one attached hydrogen (secondary N) is 1. The summed E-state index contributed by atoms with van der Waals surface area (Å²) in [5, 5.41) is 4.31. The quantitative estimate of drug-likeness (QED) is 0.573. The van der Waals surface area contributed by atoms with Crippen molar-refractivity contribution in [3.63, 3.8) is 0 Å². The lowest BCUT2D eigenvalue weighted by Crippen LogP contribution is -2.41. The number of nitrogens with zero attached hydrogens (tertiary/aromatic N) is 2. The minimum absolute atomic E-state index is 0.0685. The number of anilines is 1. The summed E-state index contributed by atoms with van der Waals surface area (Å²) in [5.41, 5.74) is 0. The van der Waals surface area contributed by atoms with Gasteiger partial charge in [0.25, 0.3) is 0 Å². The van der Waals surface area contributed by atoms with Crippen LogP contribution in [0.5, 0.6) is 5.75 Å². The van der Waals surface area contributed by atoms with E-state index in [0.29, 0.717) is 72.0 Å². The average Bonchev–Trinajstić information content (AvgIpc) is 2.74. The van der Waals surface area contributed by atoms with Crippen LogP contribution in [0, 0.1) is 5.92 Å². The predicted molar refractivity (Wildman–Crippen MR) is 118 cm³/mol. The Kier molecular flexibility index (Phi) is 8.19. The molecule has 1 aliphatic rings. The lowest BCUT2D eigenvalue weighted by Gasteiger charge is -2.31. The lowest BCUT2D eigenvalue weighted by atomic mass is 9.95. The summed E-state index contributed by atoms with van der Waals surface area (Å²) in [6, 6.07) is 8.38. The fourth-order valence-electron chi connectivity index (χ4n) is 3.23. The van der Waals surface area contributed by atoms with Gasteiger partial charge >= 0.3 is 0 Å². The van der Waals surface area contributed by atoms with Crippen molar-refractivity contribution in [1.82, 2.24) is 9.88 Å². The van der Waals surface area contributed by atoms with Gasteiger partial charge in [-0.1, -0.05) is 34.8 Å². The molecule has 0 unspecified atom stereocenters. The average molecular weight is 471 g/mol. The van der Waals surface area contributed by atoms with Gasteiger partial charge in [-0.05, 0) is 49.6 Å². The van der Waals surface area contributed by atoms with Gasteiger partial charge in [-0.15, -0.1) is 0 Å². The van der Waals surface area contributed by atoms with Crippen LogP contribution in [-0.4, -0.2) is 41.4 Å². The van der Waals surface area contributed by atoms with Gasteiger partial charge in [0, 0.05) is 36.6 Å². The molecule has 0 saturated carbocycles. The standard InChI is InChI=1S/C21H22Cl3N3O3/c22-15-3-5-18(17(24)12-15)30-11-1-2-20(28)27-9-7-14(8-10-27)21(29)26-19-6-4-16(23)13-25-19/h3-6,12-14H,1-2,7-11H2,(H,25,26,29). The number of hydrogen-bond acceptors (Lipinski definition) is 4. The summed E-state index contributed by atoms with van der Waals surface area (Å²) in [6.45, 7) is 1.52. The van der Waals surface area contributed by atoms with E-state index in [1.807, 2.05) is 0 Å². The van der Waals surface area contributed by atoms with Crippen molar-refractivity contribution in [2.45, 2.75) is 25.7 Å². The Morgan fingerprint density at radius 3 is 2.50 bits per heavy atom. The van der Waals surface area contributed by atoms with Gasteiger partial charge in [-0.25, -0.2) is 4.98 Å². The van der Waals surface area contributed by atoms with Crippen LogP contribution in [0.25, 0.3) is 0 Å². The zero-order valence-electron chi connectivity index (χ0n) is 16.2. The molecule has 1 saturated heterocycles. The highest BCUT2D eigenvalue weighted by molar-refractivity contribution is 6.35. The van der Waals surface area contributed by atoms with Crippen molar-refractivity contribution < 1.29 is 14.3 Å². The van der Waals surface area contributed by atoms with Gasteiger partial charge < -0.3 is 15.0 Å². The second-order valence-electron chi connectivity index (χ2n) is 7.03. The number of hydrogen-bond donors (Lipinski definition) is 1. The van der Waals surface area contributed by atoms with E-state index in [9.17, 15) is 9.59 Å². The third-order valence-electron chi connectivity index (χ3n) is 4.88. The number of ether oxygens (including phenoxy) is 1. The molecular weight excluding hydrogens is 449 g/mol. The topological polar surface area (TPSA) is 71.5 Å². The van der Waals surface area contributed by atoms with Crippen molar-refractivity contribution in [3.8, 4) is 5.75 Å². The summed E-state index contributed by atoms with van der Waals surface area (Å²) in [5.74, 6) is 0.880. The van der Waals surface area contributed by atoms with Gasteiger partial charge in [0.2, 0.25) is 11.8 Å². The van der Waals surface area contributed by atoms with E-state index < -0.39 is 0 Å². The van der Waals surface area contributed by atoms with Crippen LogP contribution >= 0.6 is 34.8 Å². The van der Waals surface area contributed by atoms with E-state index in [1.165, 1.54) is 6.20 Å². The molecule has 0 aliphatic carbocycles. The largest absolute Gasteiger partial charge is 0.492 e. The summed E-state index contributed by atoms with van der Waals surface area (Å²) in [6.07, 6.45) is 3.71. The number of amides is 2. The van der Waals surface area contributed by atoms with E-state index in [2.05, 4.69) is 10.3 Å². The summed E-state index contributed by atoms with van der Waals surface area (Å²) in [7, 11) is 0. The third kappa shape index (κ3) is 6.49. The van der Waals surface area contributed by atoms with Crippen molar-refractivity contribution in [2.24, 2.45) is 5.92 Å². The van der Waals surface area contributed by atoms with E-state index >= 15 is 0 Å². The molecule has 1 fully saturated rings. The van der Waals surface area contributed by atoms with Crippen LogP contribution in [0.15, 0.2) is 36.5 Å². The molecule has 6 nitrogen and oxygen atoms in total. The molecule has 2 amide bonds. The zero-order chi connectivity index (χ0) is 21.5. The van der Waals surface area contributed by atoms with Crippen LogP contribution in [-0.2, 0) is 9.59 Å². The number of halogens is 3. The van der Waals surface area contributed by atoms with Crippen molar-refractivity contribution in [3.05, 3.63) is 51.6 Å². The molecular formula is C21H22Cl3N3O3. The number of likely N-dealkylation sites (tertiary alicyclic amines) is 1. The molecule has 0 radical (unpaired) electrons. The number of carbonyl (C=O) groups is 2. The van der Waals surface area contributed by atoms with Crippen LogP contribution < -0.4 is 10.1 Å². The van der Waals surface area contributed by atoms with E-state index in [0.717, 1.165) is 0 Å². The molecule has 1 N–H and O–H groups in total. The van der Waals surface area contributed by atoms with Gasteiger partial charge in [0.1, 0.15) is 11.6 Å². The number of rotatable bonds is 7. The minimum Gasteiger partial charge on any atom is -0.492 e. The highest BCUT2D eigenvalue weighted by Gasteiger charge is 2.27. The first-order valence-electron chi connectivity index (χ1n) is 9.70. The minimum atomic E-state index is -0.137. The van der Waals surface area contributed by atoms with Gasteiger partial charge in [0.05, 0.1) is 16.7 Å². The molecule has 1 aliphatic heterocycles. The smallest absolute Gasteiger partial charge is 0.228 e. The maximum Gasteiger partial charge on any atom is 0.228 e. The maximum absolute atomic E-state index is 12.4. The lowest BCUT2D eigenvalue weighted by molar-refractivity contribution is -0.134. The Bertz CT molecular complexity index is 885. The van der Waals surface area contributed by atoms with Gasteiger partial charge in [-0.2, -0.15) is 0 Å². The number of piperidine rings is 1. The Morgan fingerprint density at radius 2 is 1.83 bits per heavy atom. The second-order valence-corrected chi connectivity index (χ2v) is 8.31. The monoisotopic (exact) mass is 469 g/mol. The maximum atomic E-state index is 12.4. The van der Waals surface area contributed by atoms with Crippen LogP contribution in [0.4, 0.5) is 5.82 Å². The second kappa shape index (κ2) is 10.8. The molecule has 30 heavy (non-hydrogen) atoms. The van der Waals surface area contributed by atoms with E-state index in [4.69, 9.17) is 39.5 Å². The molecule has 160 valence electrons. The van der Waals surface area contributed by atoms with Crippen molar-refractivity contribution in [2.75, 3.05) is 25.0 Å². The highest BCUT2D eigenvalue weighted by atomic mass is 35.5. The van der Waals surface area contributed by atoms with Crippen LogP contribution in [0.2, 0.25) is 15.1 Å². The zero-order valence-corrected chi connectivity index (χ0v) is 18.5. The fraction of sp³-hybridized carbons (Fsp3) is 0.381. The number of pyridine rings is 1. The van der Waals surface area contributed by atoms with Crippen molar-refractivity contribution >= 4 is 52.4 Å². The van der Waals surface area contributed by atoms with Crippen molar-refractivity contribution in [1.29, 1.82) is 0 Å². The van der Waals surface area contributed by atoms with Crippen LogP contribution in [0.1, 0.15) is 25.7 Å². The molecule has 0 bridgehead atoms. The Hall–Kier alpha value is -2.02. The fourth-order valence-corrected chi connectivity index (χ4v) is 3.80. The van der Waals surface area contributed by atoms with E-state index in [1.54, 1.807) is 35.2 Å². The molecule has 1 aromatic carbocycles. The van der Waals surface area contributed by atoms with E-state index in [-0.39, 0.29) is 17.7 Å². The molecule has 2 aromatic rings. The molecule has 0 spiro atoms. The SMILES string of the molecule is O=C(Nc1ccc(Cl)cn1)C1CCN(C(=O)CCCOc2ccc(Cl)cc2Cl)CC1. The number of carbonyl (C=O) groups excluding carboxylic acids is 2. The van der Waals surface area contributed by atoms with Gasteiger partial charge in [0.15, 0.2) is 0 Å². The Morgan fingerprint density at radius 1 is 1.10 bits per heavy atom. The molecule has 2 heterocycles. The molecule has 3 rings (SSSR count). The van der Waals surface area contributed by atoms with Gasteiger partial charge in [-0.3, -0.25) is 9.59 Å². The molecule has 9 heteroatoms. The number of benzene rings is 1.